The fourth-order valence-electron chi connectivity index (χ4n) is 6.33. The maximum Gasteiger partial charge on any atom is 0.181 e. The first-order chi connectivity index (χ1) is 19.2. The molecular weight excluding hydrogens is 470 g/mol. The van der Waals surface area contributed by atoms with Crippen LogP contribution in [-0.4, -0.2) is 0 Å². The molecule has 39 heavy (non-hydrogen) atoms. The summed E-state index contributed by atoms with van der Waals surface area (Å²) >= 11 is 0. The van der Waals surface area contributed by atoms with Crippen molar-refractivity contribution in [2.75, 3.05) is 0 Å². The van der Waals surface area contributed by atoms with Crippen LogP contribution < -0.4 is 4.57 Å². The third-order valence-electron chi connectivity index (χ3n) is 8.88. The van der Waals surface area contributed by atoms with E-state index in [4.69, 9.17) is 0 Å². The molecule has 0 amide bonds. The largest absolute Gasteiger partial charge is 0.200 e. The van der Waals surface area contributed by atoms with Crippen LogP contribution in [0, 0.1) is 13.8 Å². The molecule has 1 aromatic heterocycles. The van der Waals surface area contributed by atoms with Crippen molar-refractivity contribution < 1.29 is 4.57 Å². The molecule has 1 heteroatoms. The van der Waals surface area contributed by atoms with Crippen molar-refractivity contribution in [1.82, 2.24) is 0 Å². The zero-order chi connectivity index (χ0) is 28.2. The van der Waals surface area contributed by atoms with Gasteiger partial charge in [0, 0.05) is 31.9 Å². The lowest BCUT2D eigenvalue weighted by molar-refractivity contribution is -0.710. The van der Waals surface area contributed by atoms with Crippen LogP contribution in [0.2, 0.25) is 0 Å². The number of unbranched alkanes of at least 4 members (excludes halogenated alkanes) is 25. The van der Waals surface area contributed by atoms with Crippen LogP contribution in [0.4, 0.5) is 0 Å². The molecule has 0 unspecified atom stereocenters. The Morgan fingerprint density at radius 1 is 0.410 bits per heavy atom. The molecule has 0 aliphatic rings. The minimum absolute atomic E-state index is 1.22. The average Bonchev–Trinajstić information content (AvgIpc) is 2.92. The summed E-state index contributed by atoms with van der Waals surface area (Å²) in [5, 5.41) is 0. The van der Waals surface area contributed by atoms with Gasteiger partial charge in [-0.25, -0.2) is 4.57 Å². The zero-order valence-electron chi connectivity index (χ0n) is 27.6. The Hall–Kier alpha value is -0.850. The standard InChI is InChI=1S/C38H72N/c1-5-7-9-11-13-15-17-19-21-23-25-27-29-31-33-39-37(4)34-36(3)35-38(39)32-30-28-26-24-22-20-18-16-14-12-10-8-6-2/h34-35H,5-33H2,1-4H3/q+1. The fourth-order valence-corrected chi connectivity index (χ4v) is 6.33. The van der Waals surface area contributed by atoms with E-state index in [0.29, 0.717) is 0 Å². The van der Waals surface area contributed by atoms with Crippen LogP contribution in [0.1, 0.15) is 204 Å². The number of aromatic nitrogens is 1. The Morgan fingerprint density at radius 2 is 0.744 bits per heavy atom. The van der Waals surface area contributed by atoms with Crippen molar-refractivity contribution in [1.29, 1.82) is 0 Å². The van der Waals surface area contributed by atoms with Gasteiger partial charge in [0.15, 0.2) is 11.4 Å². The van der Waals surface area contributed by atoms with Gasteiger partial charge in [0.1, 0.15) is 6.54 Å². The van der Waals surface area contributed by atoms with E-state index in [1.54, 1.807) is 5.69 Å². The van der Waals surface area contributed by atoms with Crippen LogP contribution in [0.3, 0.4) is 0 Å². The first-order valence-electron chi connectivity index (χ1n) is 18.2. The second-order valence-electron chi connectivity index (χ2n) is 12.9. The molecule has 228 valence electrons. The van der Waals surface area contributed by atoms with Gasteiger partial charge in [-0.05, 0) is 25.3 Å². The lowest BCUT2D eigenvalue weighted by atomic mass is 10.0. The SMILES string of the molecule is CCCCCCCCCCCCCCCC[n+]1c(C)cc(C)cc1CCCCCCCCCCCCCCC. The first kappa shape index (κ1) is 36.2. The third-order valence-corrected chi connectivity index (χ3v) is 8.88. The number of aryl methyl sites for hydroxylation is 3. The molecular formula is C38H72N+. The smallest absolute Gasteiger partial charge is 0.181 e. The Bertz CT molecular complexity index is 648. The van der Waals surface area contributed by atoms with E-state index in [-0.39, 0.29) is 0 Å². The molecule has 1 rings (SSSR count). The van der Waals surface area contributed by atoms with E-state index < -0.39 is 0 Å². The molecule has 0 saturated heterocycles. The average molecular weight is 543 g/mol. The Morgan fingerprint density at radius 3 is 1.13 bits per heavy atom. The molecule has 0 saturated carbocycles. The lowest BCUT2D eigenvalue weighted by Gasteiger charge is -2.09. The van der Waals surface area contributed by atoms with Crippen LogP contribution in [0.5, 0.6) is 0 Å². The van der Waals surface area contributed by atoms with E-state index in [9.17, 15) is 0 Å². The lowest BCUT2D eigenvalue weighted by Crippen LogP contribution is -2.41. The van der Waals surface area contributed by atoms with Gasteiger partial charge in [-0.3, -0.25) is 0 Å². The van der Waals surface area contributed by atoms with Gasteiger partial charge in [0.05, 0.1) is 0 Å². The number of pyridine rings is 1. The topological polar surface area (TPSA) is 3.88 Å². The fraction of sp³-hybridized carbons (Fsp3) is 0.868. The molecule has 1 aromatic rings. The van der Waals surface area contributed by atoms with Gasteiger partial charge >= 0.3 is 0 Å². The van der Waals surface area contributed by atoms with Crippen molar-refractivity contribution in [2.24, 2.45) is 0 Å². The van der Waals surface area contributed by atoms with Gasteiger partial charge in [-0.1, -0.05) is 168 Å². The second kappa shape index (κ2) is 27.3. The summed E-state index contributed by atoms with van der Waals surface area (Å²) < 4.78 is 2.65. The van der Waals surface area contributed by atoms with E-state index in [2.05, 4.69) is 44.4 Å². The van der Waals surface area contributed by atoms with E-state index in [1.807, 2.05) is 0 Å². The summed E-state index contributed by atoms with van der Waals surface area (Å²) in [5.74, 6) is 0. The summed E-state index contributed by atoms with van der Waals surface area (Å²) in [5.41, 5.74) is 4.49. The van der Waals surface area contributed by atoms with Gasteiger partial charge in [0.25, 0.3) is 0 Å². The number of rotatable bonds is 29. The first-order valence-corrected chi connectivity index (χ1v) is 18.2. The normalized spacial score (nSPS) is 11.5. The van der Waals surface area contributed by atoms with Gasteiger partial charge < -0.3 is 0 Å². The zero-order valence-corrected chi connectivity index (χ0v) is 27.6. The summed E-state index contributed by atoms with van der Waals surface area (Å²) in [4.78, 5) is 0. The van der Waals surface area contributed by atoms with Gasteiger partial charge in [0.2, 0.25) is 0 Å². The molecule has 0 bridgehead atoms. The maximum absolute atomic E-state index is 2.65. The molecule has 0 fully saturated rings. The van der Waals surface area contributed by atoms with Crippen molar-refractivity contribution in [3.8, 4) is 0 Å². The highest BCUT2D eigenvalue weighted by Gasteiger charge is 2.14. The third kappa shape index (κ3) is 21.6. The Labute approximate surface area is 247 Å². The predicted octanol–water partition coefficient (Wildman–Crippen LogP) is 12.7. The van der Waals surface area contributed by atoms with Crippen LogP contribution >= 0.6 is 0 Å². The monoisotopic (exact) mass is 543 g/mol. The van der Waals surface area contributed by atoms with Crippen LogP contribution in [-0.2, 0) is 13.0 Å². The second-order valence-corrected chi connectivity index (χ2v) is 12.9. The highest BCUT2D eigenvalue weighted by molar-refractivity contribution is 5.14. The molecule has 0 spiro atoms. The molecule has 0 aromatic carbocycles. The highest BCUT2D eigenvalue weighted by atomic mass is 15.0. The predicted molar refractivity (Wildman–Crippen MR) is 176 cm³/mol. The quantitative estimate of drug-likeness (QED) is 0.0700. The molecule has 1 heterocycles. The summed E-state index contributed by atoms with van der Waals surface area (Å²) in [6, 6.07) is 4.86. The summed E-state index contributed by atoms with van der Waals surface area (Å²) in [7, 11) is 0. The van der Waals surface area contributed by atoms with Crippen molar-refractivity contribution in [3.05, 3.63) is 29.1 Å². The Kier molecular flexibility index (Phi) is 25.3. The van der Waals surface area contributed by atoms with Crippen molar-refractivity contribution >= 4 is 0 Å². The van der Waals surface area contributed by atoms with E-state index >= 15 is 0 Å². The van der Waals surface area contributed by atoms with E-state index in [0.717, 1.165) is 0 Å². The molecule has 0 radical (unpaired) electrons. The number of nitrogens with zero attached hydrogens (tertiary/aromatic N) is 1. The number of hydrogen-bond acceptors (Lipinski definition) is 0. The van der Waals surface area contributed by atoms with Crippen LogP contribution in [0.25, 0.3) is 0 Å². The molecule has 0 aliphatic heterocycles. The van der Waals surface area contributed by atoms with E-state index in [1.165, 1.54) is 198 Å². The number of hydrogen-bond donors (Lipinski definition) is 0. The van der Waals surface area contributed by atoms with Crippen molar-refractivity contribution in [2.45, 2.75) is 214 Å². The van der Waals surface area contributed by atoms with Gasteiger partial charge in [-0.2, -0.15) is 0 Å². The molecule has 0 N–H and O–H groups in total. The molecule has 0 atom stereocenters. The van der Waals surface area contributed by atoms with Crippen molar-refractivity contribution in [3.63, 3.8) is 0 Å². The molecule has 0 aliphatic carbocycles. The highest BCUT2D eigenvalue weighted by Crippen LogP contribution is 2.15. The Balaban J connectivity index is 2.08. The van der Waals surface area contributed by atoms with Gasteiger partial charge in [-0.15, -0.1) is 0 Å². The van der Waals surface area contributed by atoms with Crippen LogP contribution in [0.15, 0.2) is 12.1 Å². The minimum Gasteiger partial charge on any atom is -0.200 e. The summed E-state index contributed by atoms with van der Waals surface area (Å²) in [6.45, 7) is 10.4. The summed E-state index contributed by atoms with van der Waals surface area (Å²) in [6.07, 6.45) is 40.1. The maximum atomic E-state index is 2.65. The molecule has 1 nitrogen and oxygen atoms in total. The minimum atomic E-state index is 1.22.